The maximum atomic E-state index is 12.3. The second-order valence-corrected chi connectivity index (χ2v) is 9.25. The summed E-state index contributed by atoms with van der Waals surface area (Å²) in [5.74, 6) is 1.36. The molecule has 1 atom stereocenters. The average Bonchev–Trinajstić information content (AvgIpc) is 3.31. The van der Waals surface area contributed by atoms with Gasteiger partial charge in [-0.05, 0) is 57.4 Å². The summed E-state index contributed by atoms with van der Waals surface area (Å²) in [4.78, 5) is 23.9. The van der Waals surface area contributed by atoms with E-state index in [0.717, 1.165) is 57.9 Å². The number of halogens is 1. The van der Waals surface area contributed by atoms with Gasteiger partial charge >= 0.3 is 0 Å². The van der Waals surface area contributed by atoms with Crippen LogP contribution in [0.1, 0.15) is 64.7 Å². The predicted molar refractivity (Wildman–Crippen MR) is 131 cm³/mol. The van der Waals surface area contributed by atoms with Crippen molar-refractivity contribution in [3.8, 4) is 0 Å². The molecule has 7 heteroatoms. The number of rotatable bonds is 6. The second kappa shape index (κ2) is 11.7. The Bertz CT molecular complexity index is 547. The molecular weight excluding hydrogens is 477 g/mol. The lowest BCUT2D eigenvalue weighted by Crippen LogP contribution is -2.43. The van der Waals surface area contributed by atoms with E-state index in [-0.39, 0.29) is 35.9 Å². The predicted octanol–water partition coefficient (Wildman–Crippen LogP) is 3.17. The molecule has 0 radical (unpaired) electrons. The van der Waals surface area contributed by atoms with Crippen LogP contribution in [0.4, 0.5) is 0 Å². The summed E-state index contributed by atoms with van der Waals surface area (Å²) in [5.41, 5.74) is 0.559. The van der Waals surface area contributed by atoms with Crippen molar-refractivity contribution in [3.05, 3.63) is 0 Å². The lowest BCUT2D eigenvalue weighted by Gasteiger charge is -2.33. The van der Waals surface area contributed by atoms with Gasteiger partial charge in [0.25, 0.3) is 0 Å². The van der Waals surface area contributed by atoms with E-state index < -0.39 is 0 Å². The fraction of sp³-hybridized carbons (Fsp3) is 0.909. The summed E-state index contributed by atoms with van der Waals surface area (Å²) < 4.78 is 0. The largest absolute Gasteiger partial charge is 0.357 e. The number of hydrogen-bond acceptors (Lipinski definition) is 3. The van der Waals surface area contributed by atoms with Crippen molar-refractivity contribution in [1.82, 2.24) is 20.0 Å². The van der Waals surface area contributed by atoms with E-state index in [9.17, 15) is 4.79 Å². The SMILES string of the molecule is CCNC(=NCCCN1CCCC1C(=O)N(C)C)N1CCC2(CCCCC2)C1.I. The van der Waals surface area contributed by atoms with Crippen LogP contribution >= 0.6 is 24.0 Å². The number of carbonyl (C=O) groups excluding carboxylic acids is 1. The molecule has 1 N–H and O–H groups in total. The van der Waals surface area contributed by atoms with Gasteiger partial charge in [0, 0.05) is 46.8 Å². The van der Waals surface area contributed by atoms with Crippen LogP contribution in [0.5, 0.6) is 0 Å². The first-order chi connectivity index (χ1) is 13.5. The lowest BCUT2D eigenvalue weighted by molar-refractivity contribution is -0.133. The average molecular weight is 520 g/mol. The zero-order valence-corrected chi connectivity index (χ0v) is 21.1. The monoisotopic (exact) mass is 519 g/mol. The molecular formula is C22H42IN5O. The molecule has 1 saturated carbocycles. The highest BCUT2D eigenvalue weighted by Crippen LogP contribution is 2.43. The Kier molecular flexibility index (Phi) is 9.98. The van der Waals surface area contributed by atoms with Crippen molar-refractivity contribution < 1.29 is 4.79 Å². The minimum absolute atomic E-state index is 0. The zero-order valence-electron chi connectivity index (χ0n) is 18.8. The van der Waals surface area contributed by atoms with E-state index in [1.165, 1.54) is 45.1 Å². The first kappa shape index (κ1) is 24.7. The van der Waals surface area contributed by atoms with Gasteiger partial charge in [0.2, 0.25) is 5.91 Å². The fourth-order valence-electron chi connectivity index (χ4n) is 5.38. The van der Waals surface area contributed by atoms with Crippen LogP contribution in [-0.2, 0) is 4.79 Å². The van der Waals surface area contributed by atoms with Crippen molar-refractivity contribution in [3.63, 3.8) is 0 Å². The van der Waals surface area contributed by atoms with Crippen molar-refractivity contribution in [2.45, 2.75) is 70.8 Å². The summed E-state index contributed by atoms with van der Waals surface area (Å²) >= 11 is 0. The standard InChI is InChI=1S/C22H41N5O.HI/c1-4-23-21(27-17-13-22(18-27)11-6-5-7-12-22)24-14-9-16-26-15-8-10-19(26)20(28)25(2)3;/h19H,4-18H2,1-3H3,(H,23,24);1H. The molecule has 1 spiro atoms. The highest BCUT2D eigenvalue weighted by Gasteiger charge is 2.39. The highest BCUT2D eigenvalue weighted by molar-refractivity contribution is 14.0. The minimum atomic E-state index is 0. The molecule has 2 heterocycles. The molecule has 3 rings (SSSR count). The van der Waals surface area contributed by atoms with E-state index in [1.807, 2.05) is 14.1 Å². The molecule has 2 saturated heterocycles. The van der Waals surface area contributed by atoms with Gasteiger partial charge in [-0.1, -0.05) is 19.3 Å². The van der Waals surface area contributed by atoms with Gasteiger partial charge < -0.3 is 15.1 Å². The third kappa shape index (κ3) is 6.45. The molecule has 29 heavy (non-hydrogen) atoms. The summed E-state index contributed by atoms with van der Waals surface area (Å²) in [7, 11) is 3.72. The van der Waals surface area contributed by atoms with Gasteiger partial charge in [-0.2, -0.15) is 0 Å². The van der Waals surface area contributed by atoms with Crippen LogP contribution in [0.3, 0.4) is 0 Å². The summed E-state index contributed by atoms with van der Waals surface area (Å²) in [6.45, 7) is 8.27. The molecule has 1 amide bonds. The minimum Gasteiger partial charge on any atom is -0.357 e. The Hall–Kier alpha value is -0.570. The summed E-state index contributed by atoms with van der Waals surface area (Å²) in [6.07, 6.45) is 11.5. The van der Waals surface area contributed by atoms with Crippen LogP contribution < -0.4 is 5.32 Å². The Labute approximate surface area is 194 Å². The number of carbonyl (C=O) groups is 1. The first-order valence-electron chi connectivity index (χ1n) is 11.5. The van der Waals surface area contributed by atoms with Crippen LogP contribution in [0.25, 0.3) is 0 Å². The number of nitrogens with zero attached hydrogens (tertiary/aromatic N) is 4. The molecule has 0 bridgehead atoms. The lowest BCUT2D eigenvalue weighted by atomic mass is 9.73. The van der Waals surface area contributed by atoms with Gasteiger partial charge in [0.05, 0.1) is 6.04 Å². The number of aliphatic imine (C=N–C) groups is 1. The quantitative estimate of drug-likeness (QED) is 0.254. The van der Waals surface area contributed by atoms with Crippen molar-refractivity contribution in [2.75, 3.05) is 53.4 Å². The fourth-order valence-corrected chi connectivity index (χ4v) is 5.38. The third-order valence-corrected chi connectivity index (χ3v) is 6.94. The van der Waals surface area contributed by atoms with Crippen molar-refractivity contribution in [2.24, 2.45) is 10.4 Å². The highest BCUT2D eigenvalue weighted by atomic mass is 127. The van der Waals surface area contributed by atoms with Gasteiger partial charge in [-0.15, -0.1) is 24.0 Å². The summed E-state index contributed by atoms with van der Waals surface area (Å²) in [6, 6.07) is 0.0805. The molecule has 0 aromatic carbocycles. The van der Waals surface area contributed by atoms with Crippen molar-refractivity contribution >= 4 is 35.8 Å². The number of amides is 1. The molecule has 2 aliphatic heterocycles. The van der Waals surface area contributed by atoms with Crippen LogP contribution in [0.2, 0.25) is 0 Å². The van der Waals surface area contributed by atoms with Crippen LogP contribution in [-0.4, -0.2) is 86.0 Å². The Morgan fingerprint density at radius 1 is 1.14 bits per heavy atom. The second-order valence-electron chi connectivity index (χ2n) is 9.25. The van der Waals surface area contributed by atoms with Gasteiger partial charge in [-0.25, -0.2) is 0 Å². The number of guanidine groups is 1. The van der Waals surface area contributed by atoms with E-state index >= 15 is 0 Å². The summed E-state index contributed by atoms with van der Waals surface area (Å²) in [5, 5.41) is 3.52. The number of likely N-dealkylation sites (tertiary alicyclic amines) is 2. The zero-order chi connectivity index (χ0) is 20.0. The molecule has 3 aliphatic rings. The molecule has 1 unspecified atom stereocenters. The smallest absolute Gasteiger partial charge is 0.239 e. The molecule has 3 fully saturated rings. The van der Waals surface area contributed by atoms with Gasteiger partial charge in [0.1, 0.15) is 0 Å². The number of nitrogens with one attached hydrogen (secondary N) is 1. The molecule has 6 nitrogen and oxygen atoms in total. The molecule has 1 aliphatic carbocycles. The van der Waals surface area contributed by atoms with Gasteiger partial charge in [0.15, 0.2) is 5.96 Å². The third-order valence-electron chi connectivity index (χ3n) is 6.94. The van der Waals surface area contributed by atoms with Crippen LogP contribution in [0.15, 0.2) is 4.99 Å². The van der Waals surface area contributed by atoms with E-state index in [1.54, 1.807) is 4.90 Å². The number of hydrogen-bond donors (Lipinski definition) is 1. The van der Waals surface area contributed by atoms with Crippen molar-refractivity contribution in [1.29, 1.82) is 0 Å². The van der Waals surface area contributed by atoms with E-state index in [0.29, 0.717) is 5.41 Å². The Balaban J connectivity index is 0.00000300. The first-order valence-corrected chi connectivity index (χ1v) is 11.5. The molecule has 0 aromatic rings. The topological polar surface area (TPSA) is 51.2 Å². The molecule has 0 aromatic heterocycles. The number of likely N-dealkylation sites (N-methyl/N-ethyl adjacent to an activating group) is 1. The Morgan fingerprint density at radius 3 is 2.59 bits per heavy atom. The van der Waals surface area contributed by atoms with Gasteiger partial charge in [-0.3, -0.25) is 14.7 Å². The maximum Gasteiger partial charge on any atom is 0.239 e. The van der Waals surface area contributed by atoms with Crippen LogP contribution in [0, 0.1) is 5.41 Å². The maximum absolute atomic E-state index is 12.3. The molecule has 168 valence electrons. The normalized spacial score (nSPS) is 24.6. The van der Waals surface area contributed by atoms with E-state index in [4.69, 9.17) is 4.99 Å². The van der Waals surface area contributed by atoms with E-state index in [2.05, 4.69) is 22.0 Å². The Morgan fingerprint density at radius 2 is 1.90 bits per heavy atom.